The lowest BCUT2D eigenvalue weighted by atomic mass is 9.84. The Morgan fingerprint density at radius 3 is 3.00 bits per heavy atom. The standard InChI is InChI=1S/C15H16BrNO3/c1-2-4-10-7-9(18)8-15(20-10)13-11(16)5-3-6-12(13)17-14(15)19/h3,5-6,10H,2,4,7-8H2,1H3,(H,17,19)/t10-,15+/m1/s1. The number of rotatable bonds is 2. The first-order chi connectivity index (χ1) is 9.56. The minimum absolute atomic E-state index is 0.0912. The molecule has 0 radical (unpaired) electrons. The zero-order valence-corrected chi connectivity index (χ0v) is 12.8. The van der Waals surface area contributed by atoms with Crippen LogP contribution in [-0.2, 0) is 19.9 Å². The predicted octanol–water partition coefficient (Wildman–Crippen LogP) is 3.14. The van der Waals surface area contributed by atoms with E-state index in [-0.39, 0.29) is 24.2 Å². The topological polar surface area (TPSA) is 55.4 Å². The second-order valence-corrected chi connectivity index (χ2v) is 6.25. The molecule has 0 unspecified atom stereocenters. The quantitative estimate of drug-likeness (QED) is 0.901. The smallest absolute Gasteiger partial charge is 0.261 e. The highest BCUT2D eigenvalue weighted by Gasteiger charge is 2.54. The summed E-state index contributed by atoms with van der Waals surface area (Å²) in [5.74, 6) is -0.137. The Hall–Kier alpha value is -1.20. The number of Topliss-reactive ketones (excluding diaryl/α,β-unsaturated/α-hetero) is 1. The maximum absolute atomic E-state index is 12.4. The summed E-state index contributed by atoms with van der Waals surface area (Å²) in [4.78, 5) is 24.5. The highest BCUT2D eigenvalue weighted by atomic mass is 79.9. The van der Waals surface area contributed by atoms with E-state index in [9.17, 15) is 9.59 Å². The van der Waals surface area contributed by atoms with E-state index in [4.69, 9.17) is 4.74 Å². The molecule has 5 heteroatoms. The van der Waals surface area contributed by atoms with E-state index in [0.717, 1.165) is 28.6 Å². The summed E-state index contributed by atoms with van der Waals surface area (Å²) in [6, 6.07) is 5.57. The van der Waals surface area contributed by atoms with Gasteiger partial charge in [-0.05, 0) is 18.6 Å². The number of halogens is 1. The second kappa shape index (κ2) is 4.97. The number of amides is 1. The number of carbonyl (C=O) groups excluding carboxylic acids is 2. The van der Waals surface area contributed by atoms with Gasteiger partial charge in [0.25, 0.3) is 5.91 Å². The van der Waals surface area contributed by atoms with Crippen molar-refractivity contribution in [3.63, 3.8) is 0 Å². The Labute approximate surface area is 126 Å². The van der Waals surface area contributed by atoms with Crippen molar-refractivity contribution in [3.8, 4) is 0 Å². The first-order valence-corrected chi connectivity index (χ1v) is 7.66. The first-order valence-electron chi connectivity index (χ1n) is 6.87. The third-order valence-electron chi connectivity index (χ3n) is 3.91. The number of ether oxygens (including phenoxy) is 1. The molecule has 2 atom stereocenters. The molecule has 2 heterocycles. The molecule has 0 saturated carbocycles. The summed E-state index contributed by atoms with van der Waals surface area (Å²) in [7, 11) is 0. The van der Waals surface area contributed by atoms with Gasteiger partial charge in [0.05, 0.1) is 6.10 Å². The molecule has 1 aromatic rings. The van der Waals surface area contributed by atoms with E-state index in [1.807, 2.05) is 25.1 Å². The first kappa shape index (κ1) is 13.8. The van der Waals surface area contributed by atoms with Gasteiger partial charge in [-0.3, -0.25) is 9.59 Å². The van der Waals surface area contributed by atoms with Crippen molar-refractivity contribution in [3.05, 3.63) is 28.2 Å². The number of carbonyl (C=O) groups is 2. The molecule has 106 valence electrons. The van der Waals surface area contributed by atoms with Crippen molar-refractivity contribution >= 4 is 33.3 Å². The summed E-state index contributed by atoms with van der Waals surface area (Å²) in [5.41, 5.74) is 0.346. The average Bonchev–Trinajstić information content (AvgIpc) is 2.63. The van der Waals surface area contributed by atoms with Gasteiger partial charge in [-0.25, -0.2) is 0 Å². The molecule has 20 heavy (non-hydrogen) atoms. The maximum atomic E-state index is 12.4. The van der Waals surface area contributed by atoms with E-state index in [1.54, 1.807) is 0 Å². The van der Waals surface area contributed by atoms with Crippen LogP contribution < -0.4 is 5.32 Å². The zero-order chi connectivity index (χ0) is 14.3. The highest BCUT2D eigenvalue weighted by molar-refractivity contribution is 9.10. The molecule has 0 bridgehead atoms. The lowest BCUT2D eigenvalue weighted by molar-refractivity contribution is -0.170. The van der Waals surface area contributed by atoms with Gasteiger partial charge in [-0.15, -0.1) is 0 Å². The fourth-order valence-corrected chi connectivity index (χ4v) is 3.80. The van der Waals surface area contributed by atoms with E-state index in [1.165, 1.54) is 0 Å². The Bertz CT molecular complexity index is 586. The molecule has 1 aromatic carbocycles. The Balaban J connectivity index is 2.07. The fourth-order valence-electron chi connectivity index (χ4n) is 3.11. The van der Waals surface area contributed by atoms with Crippen molar-refractivity contribution in [2.24, 2.45) is 0 Å². The molecular weight excluding hydrogens is 322 g/mol. The lowest BCUT2D eigenvalue weighted by Gasteiger charge is -2.36. The molecule has 2 aliphatic heterocycles. The van der Waals surface area contributed by atoms with E-state index in [0.29, 0.717) is 6.42 Å². The number of hydrogen-bond donors (Lipinski definition) is 1. The second-order valence-electron chi connectivity index (χ2n) is 5.39. The van der Waals surface area contributed by atoms with E-state index >= 15 is 0 Å². The van der Waals surface area contributed by atoms with Crippen LogP contribution in [0.5, 0.6) is 0 Å². The molecule has 2 aliphatic rings. The average molecular weight is 338 g/mol. The number of hydrogen-bond acceptors (Lipinski definition) is 3. The van der Waals surface area contributed by atoms with Crippen LogP contribution >= 0.6 is 15.9 Å². The molecule has 1 fully saturated rings. The Morgan fingerprint density at radius 2 is 2.25 bits per heavy atom. The van der Waals surface area contributed by atoms with Gasteiger partial charge in [0, 0.05) is 28.6 Å². The minimum atomic E-state index is -1.15. The van der Waals surface area contributed by atoms with Gasteiger partial charge in [0.1, 0.15) is 5.78 Å². The summed E-state index contributed by atoms with van der Waals surface area (Å²) in [6.07, 6.45) is 2.07. The van der Waals surface area contributed by atoms with Crippen LogP contribution in [0, 0.1) is 0 Å². The van der Waals surface area contributed by atoms with Gasteiger partial charge < -0.3 is 10.1 Å². The summed E-state index contributed by atoms with van der Waals surface area (Å²) >= 11 is 3.48. The van der Waals surface area contributed by atoms with E-state index in [2.05, 4.69) is 21.2 Å². The maximum Gasteiger partial charge on any atom is 0.261 e. The van der Waals surface area contributed by atoms with Crippen LogP contribution in [0.25, 0.3) is 0 Å². The zero-order valence-electron chi connectivity index (χ0n) is 11.2. The third kappa shape index (κ3) is 2.00. The third-order valence-corrected chi connectivity index (χ3v) is 4.57. The number of nitrogens with one attached hydrogen (secondary N) is 1. The minimum Gasteiger partial charge on any atom is -0.356 e. The van der Waals surface area contributed by atoms with Crippen molar-refractivity contribution < 1.29 is 14.3 Å². The van der Waals surface area contributed by atoms with Crippen molar-refractivity contribution in [1.29, 1.82) is 0 Å². The molecule has 0 aromatic heterocycles. The van der Waals surface area contributed by atoms with Gasteiger partial charge in [-0.2, -0.15) is 0 Å². The molecule has 1 N–H and O–H groups in total. The number of fused-ring (bicyclic) bond motifs is 2. The van der Waals surface area contributed by atoms with Crippen LogP contribution in [0.2, 0.25) is 0 Å². The summed E-state index contributed by atoms with van der Waals surface area (Å²) in [6.45, 7) is 2.05. The SMILES string of the molecule is CCC[C@@H]1CC(=O)C[C@@]2(O1)C(=O)Nc1cccc(Br)c12. The number of benzene rings is 1. The number of ketones is 1. The van der Waals surface area contributed by atoms with Gasteiger partial charge in [0.15, 0.2) is 5.60 Å². The molecular formula is C15H16BrNO3. The Kier molecular flexibility index (Phi) is 3.42. The van der Waals surface area contributed by atoms with Crippen LogP contribution in [-0.4, -0.2) is 17.8 Å². The van der Waals surface area contributed by atoms with Crippen LogP contribution in [0.3, 0.4) is 0 Å². The van der Waals surface area contributed by atoms with Crippen LogP contribution in [0.15, 0.2) is 22.7 Å². The molecule has 1 spiro atoms. The van der Waals surface area contributed by atoms with Crippen molar-refractivity contribution in [2.75, 3.05) is 5.32 Å². The van der Waals surface area contributed by atoms with Crippen LogP contribution in [0.4, 0.5) is 5.69 Å². The molecule has 1 saturated heterocycles. The largest absolute Gasteiger partial charge is 0.356 e. The van der Waals surface area contributed by atoms with Gasteiger partial charge in [0.2, 0.25) is 0 Å². The molecule has 0 aliphatic carbocycles. The normalized spacial score (nSPS) is 28.6. The Morgan fingerprint density at radius 1 is 1.45 bits per heavy atom. The molecule has 4 nitrogen and oxygen atoms in total. The monoisotopic (exact) mass is 337 g/mol. The fraction of sp³-hybridized carbons (Fsp3) is 0.467. The molecule has 3 rings (SSSR count). The summed E-state index contributed by atoms with van der Waals surface area (Å²) < 4.78 is 6.91. The van der Waals surface area contributed by atoms with Crippen molar-refractivity contribution in [1.82, 2.24) is 0 Å². The van der Waals surface area contributed by atoms with Gasteiger partial charge in [-0.1, -0.05) is 35.3 Å². The highest BCUT2D eigenvalue weighted by Crippen LogP contribution is 2.48. The molecule has 1 amide bonds. The van der Waals surface area contributed by atoms with Crippen LogP contribution in [0.1, 0.15) is 38.2 Å². The summed E-state index contributed by atoms with van der Waals surface area (Å²) in [5, 5.41) is 2.84. The van der Waals surface area contributed by atoms with Crippen molar-refractivity contribution in [2.45, 2.75) is 44.3 Å². The lowest BCUT2D eigenvalue weighted by Crippen LogP contribution is -2.47. The number of anilines is 1. The van der Waals surface area contributed by atoms with Gasteiger partial charge >= 0.3 is 0 Å². The van der Waals surface area contributed by atoms with E-state index < -0.39 is 5.60 Å². The predicted molar refractivity (Wildman–Crippen MR) is 78.5 cm³/mol.